The number of thiophene rings is 1. The SMILES string of the molecule is COc1ccc(C2SCCN2C(=O)c2ccc(-c3cccs3)cc2)cc1. The predicted octanol–water partition coefficient (Wildman–Crippen LogP) is 5.31. The second kappa shape index (κ2) is 7.56. The molecule has 0 bridgehead atoms. The molecule has 0 saturated carbocycles. The summed E-state index contributed by atoms with van der Waals surface area (Å²) in [7, 11) is 1.66. The smallest absolute Gasteiger partial charge is 0.255 e. The molecule has 1 aliphatic rings. The number of benzene rings is 2. The lowest BCUT2D eigenvalue weighted by atomic mass is 10.1. The Balaban J connectivity index is 1.54. The van der Waals surface area contributed by atoms with Gasteiger partial charge >= 0.3 is 0 Å². The molecule has 1 aliphatic heterocycles. The Bertz CT molecular complexity index is 873. The Morgan fingerprint density at radius 1 is 1.08 bits per heavy atom. The van der Waals surface area contributed by atoms with Crippen LogP contribution in [0.15, 0.2) is 66.0 Å². The third kappa shape index (κ3) is 3.37. The predicted molar refractivity (Wildman–Crippen MR) is 109 cm³/mol. The Kier molecular flexibility index (Phi) is 5.00. The van der Waals surface area contributed by atoms with E-state index in [9.17, 15) is 4.79 Å². The number of rotatable bonds is 4. The molecule has 0 radical (unpaired) electrons. The summed E-state index contributed by atoms with van der Waals surface area (Å²) in [5, 5.41) is 2.13. The molecule has 3 aromatic rings. The molecular weight excluding hydrogens is 362 g/mol. The molecule has 0 N–H and O–H groups in total. The third-order valence-electron chi connectivity index (χ3n) is 4.49. The van der Waals surface area contributed by atoms with Crippen molar-refractivity contribution in [2.75, 3.05) is 19.4 Å². The minimum absolute atomic E-state index is 0.0605. The van der Waals surface area contributed by atoms with E-state index in [4.69, 9.17) is 4.74 Å². The van der Waals surface area contributed by atoms with Crippen molar-refractivity contribution in [3.8, 4) is 16.2 Å². The normalized spacial score (nSPS) is 16.7. The Labute approximate surface area is 161 Å². The summed E-state index contributed by atoms with van der Waals surface area (Å²) in [5.41, 5.74) is 3.03. The third-order valence-corrected chi connectivity index (χ3v) is 6.67. The van der Waals surface area contributed by atoms with Crippen LogP contribution < -0.4 is 4.74 Å². The average Bonchev–Trinajstić information content (AvgIpc) is 3.40. The van der Waals surface area contributed by atoms with Gasteiger partial charge in [0.1, 0.15) is 11.1 Å². The van der Waals surface area contributed by atoms with Gasteiger partial charge in [0.2, 0.25) is 0 Å². The molecule has 1 amide bonds. The van der Waals surface area contributed by atoms with Gasteiger partial charge in [0.15, 0.2) is 0 Å². The number of hydrogen-bond acceptors (Lipinski definition) is 4. The fourth-order valence-corrected chi connectivity index (χ4v) is 5.10. The molecule has 1 unspecified atom stereocenters. The van der Waals surface area contributed by atoms with Gasteiger partial charge in [-0.05, 0) is 46.8 Å². The van der Waals surface area contributed by atoms with Crippen LogP contribution >= 0.6 is 23.1 Å². The van der Waals surface area contributed by atoms with E-state index < -0.39 is 0 Å². The molecule has 132 valence electrons. The molecule has 1 aromatic heterocycles. The summed E-state index contributed by atoms with van der Waals surface area (Å²) < 4.78 is 5.23. The van der Waals surface area contributed by atoms with Crippen molar-refractivity contribution in [3.05, 3.63) is 77.2 Å². The Morgan fingerprint density at radius 2 is 1.85 bits per heavy atom. The highest BCUT2D eigenvalue weighted by atomic mass is 32.2. The second-order valence-corrected chi connectivity index (χ2v) is 8.19. The van der Waals surface area contributed by atoms with Gasteiger partial charge in [0.25, 0.3) is 5.91 Å². The average molecular weight is 382 g/mol. The largest absolute Gasteiger partial charge is 0.497 e. The van der Waals surface area contributed by atoms with Gasteiger partial charge in [-0.1, -0.05) is 30.3 Å². The van der Waals surface area contributed by atoms with E-state index in [1.165, 1.54) is 4.88 Å². The van der Waals surface area contributed by atoms with Crippen molar-refractivity contribution in [1.82, 2.24) is 4.90 Å². The highest BCUT2D eigenvalue weighted by Crippen LogP contribution is 2.39. The van der Waals surface area contributed by atoms with Gasteiger partial charge in [-0.25, -0.2) is 0 Å². The molecule has 1 atom stereocenters. The topological polar surface area (TPSA) is 29.5 Å². The van der Waals surface area contributed by atoms with Crippen LogP contribution in [-0.4, -0.2) is 30.2 Å². The summed E-state index contributed by atoms with van der Waals surface area (Å²) >= 11 is 3.51. The zero-order valence-electron chi connectivity index (χ0n) is 14.4. The van der Waals surface area contributed by atoms with Gasteiger partial charge in [-0.2, -0.15) is 0 Å². The van der Waals surface area contributed by atoms with E-state index in [2.05, 4.69) is 11.4 Å². The molecule has 4 rings (SSSR count). The lowest BCUT2D eigenvalue weighted by Gasteiger charge is -2.24. The van der Waals surface area contributed by atoms with Crippen LogP contribution in [0.4, 0.5) is 0 Å². The molecule has 1 saturated heterocycles. The van der Waals surface area contributed by atoms with Gasteiger partial charge in [0, 0.05) is 22.7 Å². The van der Waals surface area contributed by atoms with Gasteiger partial charge in [-0.3, -0.25) is 4.79 Å². The van der Waals surface area contributed by atoms with Gasteiger partial charge in [-0.15, -0.1) is 23.1 Å². The van der Waals surface area contributed by atoms with E-state index in [0.29, 0.717) is 0 Å². The van der Waals surface area contributed by atoms with Crippen LogP contribution in [0.25, 0.3) is 10.4 Å². The monoisotopic (exact) mass is 381 g/mol. The van der Waals surface area contributed by atoms with Crippen LogP contribution in [0.1, 0.15) is 21.3 Å². The maximum absolute atomic E-state index is 13.0. The number of nitrogens with zero attached hydrogens (tertiary/aromatic N) is 1. The minimum Gasteiger partial charge on any atom is -0.497 e. The van der Waals surface area contributed by atoms with Crippen molar-refractivity contribution in [1.29, 1.82) is 0 Å². The van der Waals surface area contributed by atoms with Crippen LogP contribution in [0.2, 0.25) is 0 Å². The van der Waals surface area contributed by atoms with Gasteiger partial charge in [0.05, 0.1) is 7.11 Å². The van der Waals surface area contributed by atoms with E-state index in [-0.39, 0.29) is 11.3 Å². The summed E-state index contributed by atoms with van der Waals surface area (Å²) in [6.07, 6.45) is 0. The first-order valence-corrected chi connectivity index (χ1v) is 10.4. The molecule has 0 spiro atoms. The van der Waals surface area contributed by atoms with E-state index in [1.54, 1.807) is 18.4 Å². The lowest BCUT2D eigenvalue weighted by molar-refractivity contribution is 0.0760. The first kappa shape index (κ1) is 17.2. The zero-order valence-corrected chi connectivity index (χ0v) is 16.1. The molecule has 1 fully saturated rings. The van der Waals surface area contributed by atoms with Crippen molar-refractivity contribution < 1.29 is 9.53 Å². The van der Waals surface area contributed by atoms with Crippen molar-refractivity contribution in [3.63, 3.8) is 0 Å². The fourth-order valence-electron chi connectivity index (χ4n) is 3.11. The highest BCUT2D eigenvalue weighted by Gasteiger charge is 2.31. The number of thioether (sulfide) groups is 1. The van der Waals surface area contributed by atoms with Crippen LogP contribution in [0, 0.1) is 0 Å². The summed E-state index contributed by atoms with van der Waals surface area (Å²) in [4.78, 5) is 16.2. The number of ether oxygens (including phenoxy) is 1. The molecule has 26 heavy (non-hydrogen) atoms. The van der Waals surface area contributed by atoms with Crippen molar-refractivity contribution in [2.24, 2.45) is 0 Å². The van der Waals surface area contributed by atoms with E-state index in [1.807, 2.05) is 71.3 Å². The first-order valence-electron chi connectivity index (χ1n) is 8.47. The molecule has 0 aliphatic carbocycles. The number of hydrogen-bond donors (Lipinski definition) is 0. The number of amides is 1. The molecule has 2 aromatic carbocycles. The van der Waals surface area contributed by atoms with Crippen molar-refractivity contribution in [2.45, 2.75) is 5.37 Å². The molecule has 5 heteroatoms. The first-order chi connectivity index (χ1) is 12.8. The van der Waals surface area contributed by atoms with Crippen LogP contribution in [-0.2, 0) is 0 Å². The Morgan fingerprint density at radius 3 is 2.50 bits per heavy atom. The maximum atomic E-state index is 13.0. The molecular formula is C21H19NO2S2. The molecule has 3 nitrogen and oxygen atoms in total. The molecule has 2 heterocycles. The standard InChI is InChI=1S/C21H19NO2S2/c1-24-18-10-8-17(9-11-18)21-22(12-14-26-21)20(23)16-6-4-15(5-7-16)19-3-2-13-25-19/h2-11,13,21H,12,14H2,1H3. The highest BCUT2D eigenvalue weighted by molar-refractivity contribution is 7.99. The number of carbonyl (C=O) groups excluding carboxylic acids is 1. The summed E-state index contributed by atoms with van der Waals surface area (Å²) in [5.74, 6) is 1.88. The lowest BCUT2D eigenvalue weighted by Crippen LogP contribution is -2.30. The quantitative estimate of drug-likeness (QED) is 0.613. The zero-order chi connectivity index (χ0) is 17.9. The van der Waals surface area contributed by atoms with Gasteiger partial charge < -0.3 is 9.64 Å². The van der Waals surface area contributed by atoms with Crippen LogP contribution in [0.5, 0.6) is 5.75 Å². The van der Waals surface area contributed by atoms with E-state index >= 15 is 0 Å². The summed E-state index contributed by atoms with van der Waals surface area (Å²) in [6, 6.07) is 20.1. The second-order valence-electron chi connectivity index (χ2n) is 6.05. The summed E-state index contributed by atoms with van der Waals surface area (Å²) in [6.45, 7) is 0.771. The minimum atomic E-state index is 0.0605. The van der Waals surface area contributed by atoms with Crippen LogP contribution in [0.3, 0.4) is 0 Å². The van der Waals surface area contributed by atoms with Crippen molar-refractivity contribution >= 4 is 29.0 Å². The number of methoxy groups -OCH3 is 1. The fraction of sp³-hybridized carbons (Fsp3) is 0.190. The Hall–Kier alpha value is -2.24. The van der Waals surface area contributed by atoms with E-state index in [0.717, 1.165) is 34.7 Å². The maximum Gasteiger partial charge on any atom is 0.255 e. The number of carbonyl (C=O) groups is 1.